The number of fused-ring (bicyclic) bond motifs is 1. The molecule has 0 aliphatic carbocycles. The molecule has 0 fully saturated rings. The number of thiophene rings is 1. The van der Waals surface area contributed by atoms with Gasteiger partial charge in [0.25, 0.3) is 0 Å². The van der Waals surface area contributed by atoms with Crippen LogP contribution in [0, 0.1) is 0 Å². The summed E-state index contributed by atoms with van der Waals surface area (Å²) in [7, 11) is 0. The molecule has 0 atom stereocenters. The van der Waals surface area contributed by atoms with Crippen LogP contribution >= 0.6 is 27.3 Å². The normalized spacial score (nSPS) is 10.8. The van der Waals surface area contributed by atoms with Crippen LogP contribution < -0.4 is 11.3 Å². The predicted octanol–water partition coefficient (Wildman–Crippen LogP) is 3.41. The molecule has 18 heavy (non-hydrogen) atoms. The molecule has 2 heterocycles. The molecule has 2 aromatic heterocycles. The molecule has 0 unspecified atom stereocenters. The summed E-state index contributed by atoms with van der Waals surface area (Å²) in [6.07, 6.45) is 0. The van der Waals surface area contributed by atoms with Crippen LogP contribution in [0.3, 0.4) is 0 Å². The van der Waals surface area contributed by atoms with Crippen LogP contribution in [0.25, 0.3) is 22.3 Å². The average molecular weight is 321 g/mol. The second kappa shape index (κ2) is 4.64. The first kappa shape index (κ1) is 11.6. The van der Waals surface area contributed by atoms with Gasteiger partial charge in [0.2, 0.25) is 0 Å². The zero-order valence-corrected chi connectivity index (χ0v) is 11.6. The van der Waals surface area contributed by atoms with Crippen molar-refractivity contribution in [2.45, 2.75) is 0 Å². The summed E-state index contributed by atoms with van der Waals surface area (Å²) < 4.78 is 1.05. The number of para-hydroxylation sites is 1. The Kier molecular flexibility index (Phi) is 2.99. The van der Waals surface area contributed by atoms with Gasteiger partial charge in [-0.2, -0.15) is 0 Å². The van der Waals surface area contributed by atoms with Gasteiger partial charge in [0.05, 0.1) is 9.30 Å². The first-order valence-electron chi connectivity index (χ1n) is 5.26. The Morgan fingerprint density at radius 3 is 2.78 bits per heavy atom. The van der Waals surface area contributed by atoms with E-state index >= 15 is 0 Å². The standard InChI is InChI=1S/C12H9BrN4S/c13-10-5-7(6-18-10)11-15-9-4-2-1-3-8(9)12(16-11)17-14/h1-6H,14H2,(H,15,16,17). The quantitative estimate of drug-likeness (QED) is 0.561. The van der Waals surface area contributed by atoms with Crippen molar-refractivity contribution in [2.24, 2.45) is 5.84 Å². The Bertz CT molecular complexity index is 710. The number of nitrogens with two attached hydrogens (primary N) is 1. The number of nitrogen functional groups attached to an aromatic ring is 1. The third kappa shape index (κ3) is 1.98. The minimum Gasteiger partial charge on any atom is -0.308 e. The number of hydrogen-bond donors (Lipinski definition) is 2. The largest absolute Gasteiger partial charge is 0.308 e. The van der Waals surface area contributed by atoms with E-state index in [1.165, 1.54) is 0 Å². The van der Waals surface area contributed by atoms with Crippen LogP contribution in [0.2, 0.25) is 0 Å². The smallest absolute Gasteiger partial charge is 0.163 e. The Labute approximate surface area is 116 Å². The Morgan fingerprint density at radius 2 is 2.06 bits per heavy atom. The average Bonchev–Trinajstić information content (AvgIpc) is 2.84. The number of nitrogens with zero attached hydrogens (tertiary/aromatic N) is 2. The Morgan fingerprint density at radius 1 is 1.22 bits per heavy atom. The second-order valence-corrected chi connectivity index (χ2v) is 5.99. The fraction of sp³-hybridized carbons (Fsp3) is 0. The molecule has 0 bridgehead atoms. The lowest BCUT2D eigenvalue weighted by Gasteiger charge is -2.06. The van der Waals surface area contributed by atoms with Gasteiger partial charge in [0, 0.05) is 16.3 Å². The Hall–Kier alpha value is -1.50. The van der Waals surface area contributed by atoms with Crippen LogP contribution in [0.4, 0.5) is 5.82 Å². The summed E-state index contributed by atoms with van der Waals surface area (Å²) in [6.45, 7) is 0. The highest BCUT2D eigenvalue weighted by atomic mass is 79.9. The molecule has 0 saturated carbocycles. The van der Waals surface area contributed by atoms with Gasteiger partial charge in [0.1, 0.15) is 0 Å². The highest BCUT2D eigenvalue weighted by Crippen LogP contribution is 2.29. The van der Waals surface area contributed by atoms with Gasteiger partial charge < -0.3 is 5.43 Å². The van der Waals surface area contributed by atoms with E-state index in [4.69, 9.17) is 5.84 Å². The van der Waals surface area contributed by atoms with Crippen LogP contribution in [0.1, 0.15) is 0 Å². The third-order valence-electron chi connectivity index (χ3n) is 2.57. The first-order chi connectivity index (χ1) is 8.78. The highest BCUT2D eigenvalue weighted by Gasteiger charge is 2.09. The molecule has 1 aromatic carbocycles. The molecule has 4 nitrogen and oxygen atoms in total. The molecule has 0 amide bonds. The molecule has 0 saturated heterocycles. The van der Waals surface area contributed by atoms with Gasteiger partial charge in [-0.25, -0.2) is 15.8 Å². The zero-order chi connectivity index (χ0) is 12.5. The first-order valence-corrected chi connectivity index (χ1v) is 6.93. The van der Waals surface area contributed by atoms with Gasteiger partial charge in [-0.05, 0) is 34.1 Å². The molecular formula is C12H9BrN4S. The van der Waals surface area contributed by atoms with E-state index in [2.05, 4.69) is 31.3 Å². The van der Waals surface area contributed by atoms with E-state index in [1.807, 2.05) is 35.7 Å². The number of benzene rings is 1. The summed E-state index contributed by atoms with van der Waals surface area (Å²) in [5, 5.41) is 2.92. The SMILES string of the molecule is NNc1nc(-c2csc(Br)c2)nc2ccccc12. The maximum absolute atomic E-state index is 5.52. The topological polar surface area (TPSA) is 63.8 Å². The number of aromatic nitrogens is 2. The predicted molar refractivity (Wildman–Crippen MR) is 78.4 cm³/mol. The third-order valence-corrected chi connectivity index (χ3v) is 4.07. The van der Waals surface area contributed by atoms with Crippen molar-refractivity contribution in [1.29, 1.82) is 0 Å². The molecule has 3 N–H and O–H groups in total. The van der Waals surface area contributed by atoms with Gasteiger partial charge in [-0.15, -0.1) is 11.3 Å². The lowest BCUT2D eigenvalue weighted by atomic mass is 10.2. The molecule has 3 aromatic rings. The summed E-state index contributed by atoms with van der Waals surface area (Å²) in [5.74, 6) is 6.83. The zero-order valence-electron chi connectivity index (χ0n) is 9.22. The fourth-order valence-electron chi connectivity index (χ4n) is 1.74. The number of hydrogen-bond acceptors (Lipinski definition) is 5. The lowest BCUT2D eigenvalue weighted by molar-refractivity contribution is 1.19. The van der Waals surface area contributed by atoms with Crippen LogP contribution in [-0.2, 0) is 0 Å². The molecule has 90 valence electrons. The molecule has 3 rings (SSSR count). The van der Waals surface area contributed by atoms with Crippen molar-refractivity contribution in [2.75, 3.05) is 5.43 Å². The van der Waals surface area contributed by atoms with E-state index in [0.717, 1.165) is 20.3 Å². The molecule has 0 aliphatic rings. The second-order valence-electron chi connectivity index (χ2n) is 3.70. The maximum atomic E-state index is 5.52. The molecule has 0 spiro atoms. The van der Waals surface area contributed by atoms with Crippen LogP contribution in [0.15, 0.2) is 39.5 Å². The van der Waals surface area contributed by atoms with Gasteiger partial charge in [-0.1, -0.05) is 12.1 Å². The van der Waals surface area contributed by atoms with Crippen molar-refractivity contribution in [1.82, 2.24) is 9.97 Å². The minimum absolute atomic E-state index is 0.637. The molecular weight excluding hydrogens is 312 g/mol. The Balaban J connectivity index is 2.25. The summed E-state index contributed by atoms with van der Waals surface area (Å²) in [6, 6.07) is 9.77. The number of rotatable bonds is 2. The van der Waals surface area contributed by atoms with Gasteiger partial charge in [-0.3, -0.25) is 0 Å². The van der Waals surface area contributed by atoms with E-state index < -0.39 is 0 Å². The molecule has 0 radical (unpaired) electrons. The number of anilines is 1. The minimum atomic E-state index is 0.637. The van der Waals surface area contributed by atoms with Crippen molar-refractivity contribution in [3.05, 3.63) is 39.5 Å². The van der Waals surface area contributed by atoms with E-state index in [9.17, 15) is 0 Å². The number of hydrazine groups is 1. The van der Waals surface area contributed by atoms with Crippen LogP contribution in [-0.4, -0.2) is 9.97 Å². The summed E-state index contributed by atoms with van der Waals surface area (Å²) in [4.78, 5) is 8.99. The number of halogens is 1. The van der Waals surface area contributed by atoms with Gasteiger partial charge >= 0.3 is 0 Å². The maximum Gasteiger partial charge on any atom is 0.163 e. The van der Waals surface area contributed by atoms with Crippen molar-refractivity contribution in [3.63, 3.8) is 0 Å². The molecule has 6 heteroatoms. The van der Waals surface area contributed by atoms with Crippen molar-refractivity contribution >= 4 is 44.0 Å². The van der Waals surface area contributed by atoms with Gasteiger partial charge in [0.15, 0.2) is 11.6 Å². The summed E-state index contributed by atoms with van der Waals surface area (Å²) in [5.41, 5.74) is 4.48. The summed E-state index contributed by atoms with van der Waals surface area (Å²) >= 11 is 5.04. The van der Waals surface area contributed by atoms with Crippen molar-refractivity contribution in [3.8, 4) is 11.4 Å². The monoisotopic (exact) mass is 320 g/mol. The lowest BCUT2D eigenvalue weighted by Crippen LogP contribution is -2.10. The van der Waals surface area contributed by atoms with E-state index in [0.29, 0.717) is 11.6 Å². The number of nitrogens with one attached hydrogen (secondary N) is 1. The van der Waals surface area contributed by atoms with Crippen molar-refractivity contribution < 1.29 is 0 Å². The van der Waals surface area contributed by atoms with E-state index in [1.54, 1.807) is 11.3 Å². The highest BCUT2D eigenvalue weighted by molar-refractivity contribution is 9.11. The van der Waals surface area contributed by atoms with E-state index in [-0.39, 0.29) is 0 Å². The fourth-order valence-corrected chi connectivity index (χ4v) is 2.88. The van der Waals surface area contributed by atoms with Crippen LogP contribution in [0.5, 0.6) is 0 Å². The molecule has 0 aliphatic heterocycles.